The monoisotopic (exact) mass is 334 g/mol. The molecular formula is C16H18N2O4S. The van der Waals surface area contributed by atoms with Gasteiger partial charge in [0.2, 0.25) is 0 Å². The molecule has 1 saturated heterocycles. The predicted octanol–water partition coefficient (Wildman–Crippen LogP) is 1.98. The van der Waals surface area contributed by atoms with Gasteiger partial charge in [-0.1, -0.05) is 12.1 Å². The number of rotatable bonds is 5. The van der Waals surface area contributed by atoms with Crippen LogP contribution < -0.4 is 0 Å². The highest BCUT2D eigenvalue weighted by atomic mass is 32.1. The van der Waals surface area contributed by atoms with Crippen LogP contribution >= 0.6 is 11.3 Å². The molecule has 0 unspecified atom stereocenters. The number of carbonyl (C=O) groups excluding carboxylic acids is 2. The van der Waals surface area contributed by atoms with E-state index in [-0.39, 0.29) is 12.5 Å². The number of fused-ring (bicyclic) bond motifs is 1. The summed E-state index contributed by atoms with van der Waals surface area (Å²) in [7, 11) is 1.67. The average Bonchev–Trinajstić information content (AvgIpc) is 3.20. The number of likely N-dealkylation sites (N-methyl/N-ethyl adjacent to an activating group) is 1. The Balaban J connectivity index is 1.51. The summed E-state index contributed by atoms with van der Waals surface area (Å²) < 4.78 is 11.4. The maximum atomic E-state index is 12.1. The minimum Gasteiger partial charge on any atom is -0.454 e. The van der Waals surface area contributed by atoms with Crippen LogP contribution in [0.25, 0.3) is 10.2 Å². The Kier molecular flexibility index (Phi) is 4.88. The van der Waals surface area contributed by atoms with Crippen molar-refractivity contribution in [3.63, 3.8) is 0 Å². The lowest BCUT2D eigenvalue weighted by Gasteiger charge is -2.16. The highest BCUT2D eigenvalue weighted by Gasteiger charge is 2.26. The molecule has 6 nitrogen and oxygen atoms in total. The maximum Gasteiger partial charge on any atom is 0.335 e. The van der Waals surface area contributed by atoms with Gasteiger partial charge in [-0.3, -0.25) is 4.79 Å². The molecule has 2 aromatic rings. The standard InChI is InChI=1S/C16H18N2O4S/c1-18(9-14-17-11-5-2-3-7-13(11)23-14)15(19)10-22-16(20)12-6-4-8-21-12/h2-3,5,7,12H,4,6,8-10H2,1H3/t12-/m0/s1. The Bertz CT molecular complexity index is 676. The van der Waals surface area contributed by atoms with E-state index in [9.17, 15) is 9.59 Å². The number of thiazole rings is 1. The Hall–Kier alpha value is -1.99. The van der Waals surface area contributed by atoms with Crippen molar-refractivity contribution in [3.8, 4) is 0 Å². The zero-order valence-electron chi connectivity index (χ0n) is 12.9. The lowest BCUT2D eigenvalue weighted by Crippen LogP contribution is -2.33. The summed E-state index contributed by atoms with van der Waals surface area (Å²) in [5.74, 6) is -0.708. The van der Waals surface area contributed by atoms with E-state index in [1.54, 1.807) is 18.4 Å². The lowest BCUT2D eigenvalue weighted by atomic mass is 10.2. The van der Waals surface area contributed by atoms with E-state index >= 15 is 0 Å². The third kappa shape index (κ3) is 3.86. The summed E-state index contributed by atoms with van der Waals surface area (Å²) in [5.41, 5.74) is 0.929. The molecule has 2 heterocycles. The molecule has 0 saturated carbocycles. The summed E-state index contributed by atoms with van der Waals surface area (Å²) in [4.78, 5) is 29.8. The predicted molar refractivity (Wildman–Crippen MR) is 86.0 cm³/mol. The van der Waals surface area contributed by atoms with Crippen LogP contribution in [-0.2, 0) is 25.6 Å². The molecule has 0 N–H and O–H groups in total. The average molecular weight is 334 g/mol. The van der Waals surface area contributed by atoms with Gasteiger partial charge in [0.05, 0.1) is 16.8 Å². The van der Waals surface area contributed by atoms with E-state index < -0.39 is 12.1 Å². The van der Waals surface area contributed by atoms with Crippen LogP contribution in [0.2, 0.25) is 0 Å². The van der Waals surface area contributed by atoms with Crippen molar-refractivity contribution in [2.45, 2.75) is 25.5 Å². The Morgan fingerprint density at radius 2 is 2.26 bits per heavy atom. The molecule has 0 aliphatic carbocycles. The Morgan fingerprint density at radius 1 is 1.43 bits per heavy atom. The van der Waals surface area contributed by atoms with Crippen LogP contribution in [0, 0.1) is 0 Å². The van der Waals surface area contributed by atoms with Gasteiger partial charge in [0.1, 0.15) is 5.01 Å². The van der Waals surface area contributed by atoms with Crippen LogP contribution in [0.5, 0.6) is 0 Å². The highest BCUT2D eigenvalue weighted by Crippen LogP contribution is 2.22. The number of nitrogens with zero attached hydrogens (tertiary/aromatic N) is 2. The molecule has 0 bridgehead atoms. The Labute approximate surface area is 138 Å². The molecule has 7 heteroatoms. The molecule has 3 rings (SSSR count). The smallest absolute Gasteiger partial charge is 0.335 e. The topological polar surface area (TPSA) is 68.7 Å². The fraction of sp³-hybridized carbons (Fsp3) is 0.438. The van der Waals surface area contributed by atoms with Gasteiger partial charge in [-0.2, -0.15) is 0 Å². The highest BCUT2D eigenvalue weighted by molar-refractivity contribution is 7.18. The van der Waals surface area contributed by atoms with E-state index in [0.29, 0.717) is 19.6 Å². The van der Waals surface area contributed by atoms with Crippen molar-refractivity contribution < 1.29 is 19.1 Å². The molecule has 0 radical (unpaired) electrons. The van der Waals surface area contributed by atoms with Crippen LogP contribution in [0.4, 0.5) is 0 Å². The van der Waals surface area contributed by atoms with Crippen molar-refractivity contribution in [2.24, 2.45) is 0 Å². The summed E-state index contributed by atoms with van der Waals surface area (Å²) >= 11 is 1.56. The number of aromatic nitrogens is 1. The maximum absolute atomic E-state index is 12.1. The normalized spacial score (nSPS) is 17.3. The SMILES string of the molecule is CN(Cc1nc2ccccc2s1)C(=O)COC(=O)[C@@H]1CCCO1. The lowest BCUT2D eigenvalue weighted by molar-refractivity contribution is -0.159. The number of esters is 1. The number of amides is 1. The van der Waals surface area contributed by atoms with E-state index in [1.165, 1.54) is 4.90 Å². The first-order chi connectivity index (χ1) is 11.1. The number of ether oxygens (including phenoxy) is 2. The molecule has 1 aliphatic rings. The number of benzene rings is 1. The van der Waals surface area contributed by atoms with Gasteiger partial charge < -0.3 is 14.4 Å². The van der Waals surface area contributed by atoms with Crippen LogP contribution in [0.3, 0.4) is 0 Å². The molecular weight excluding hydrogens is 316 g/mol. The van der Waals surface area contributed by atoms with Crippen molar-refractivity contribution in [2.75, 3.05) is 20.3 Å². The fourth-order valence-corrected chi connectivity index (χ4v) is 3.40. The Morgan fingerprint density at radius 3 is 3.00 bits per heavy atom. The molecule has 23 heavy (non-hydrogen) atoms. The van der Waals surface area contributed by atoms with Crippen molar-refractivity contribution in [3.05, 3.63) is 29.3 Å². The first kappa shape index (κ1) is 15.9. The molecule has 1 aromatic carbocycles. The molecule has 0 spiro atoms. The number of carbonyl (C=O) groups is 2. The van der Waals surface area contributed by atoms with Crippen LogP contribution in [0.1, 0.15) is 17.8 Å². The zero-order chi connectivity index (χ0) is 16.2. The minimum atomic E-state index is -0.516. The van der Waals surface area contributed by atoms with Gasteiger partial charge in [-0.15, -0.1) is 11.3 Å². The largest absolute Gasteiger partial charge is 0.454 e. The molecule has 122 valence electrons. The molecule has 1 aliphatic heterocycles. The third-order valence-corrected chi connectivity index (χ3v) is 4.69. The molecule has 1 amide bonds. The van der Waals surface area contributed by atoms with E-state index in [1.807, 2.05) is 24.3 Å². The second kappa shape index (κ2) is 7.06. The van der Waals surface area contributed by atoms with E-state index in [4.69, 9.17) is 9.47 Å². The van der Waals surface area contributed by atoms with Gasteiger partial charge in [-0.25, -0.2) is 9.78 Å². The first-order valence-electron chi connectivity index (χ1n) is 7.50. The zero-order valence-corrected chi connectivity index (χ0v) is 13.7. The van der Waals surface area contributed by atoms with Gasteiger partial charge in [-0.05, 0) is 25.0 Å². The molecule has 1 aromatic heterocycles. The van der Waals surface area contributed by atoms with Gasteiger partial charge in [0.25, 0.3) is 5.91 Å². The number of hydrogen-bond donors (Lipinski definition) is 0. The number of hydrogen-bond acceptors (Lipinski definition) is 6. The van der Waals surface area contributed by atoms with Crippen molar-refractivity contribution in [1.29, 1.82) is 0 Å². The minimum absolute atomic E-state index is 0.254. The van der Waals surface area contributed by atoms with Crippen LogP contribution in [0.15, 0.2) is 24.3 Å². The number of para-hydroxylation sites is 1. The van der Waals surface area contributed by atoms with E-state index in [0.717, 1.165) is 21.6 Å². The summed E-state index contributed by atoms with van der Waals surface area (Å²) in [6.07, 6.45) is 0.997. The first-order valence-corrected chi connectivity index (χ1v) is 8.32. The summed E-state index contributed by atoms with van der Waals surface area (Å²) in [6.45, 7) is 0.709. The second-order valence-electron chi connectivity index (χ2n) is 5.43. The molecule has 1 atom stereocenters. The molecule has 1 fully saturated rings. The van der Waals surface area contributed by atoms with Crippen molar-refractivity contribution in [1.82, 2.24) is 9.88 Å². The third-order valence-electron chi connectivity index (χ3n) is 3.67. The van der Waals surface area contributed by atoms with Crippen molar-refractivity contribution >= 4 is 33.4 Å². The van der Waals surface area contributed by atoms with Crippen LogP contribution in [-0.4, -0.2) is 48.1 Å². The summed E-state index contributed by atoms with van der Waals surface area (Å²) in [6, 6.07) is 7.84. The van der Waals surface area contributed by atoms with Gasteiger partial charge >= 0.3 is 5.97 Å². The fourth-order valence-electron chi connectivity index (χ4n) is 2.38. The quantitative estimate of drug-likeness (QED) is 0.782. The second-order valence-corrected chi connectivity index (χ2v) is 6.55. The van der Waals surface area contributed by atoms with Gasteiger partial charge in [0, 0.05) is 13.7 Å². The van der Waals surface area contributed by atoms with E-state index in [2.05, 4.69) is 4.98 Å². The van der Waals surface area contributed by atoms with Gasteiger partial charge in [0.15, 0.2) is 12.7 Å². The summed E-state index contributed by atoms with van der Waals surface area (Å²) in [5, 5.41) is 0.854.